The number of nitrogens with zero attached hydrogens (tertiary/aromatic N) is 2. The highest BCUT2D eigenvalue weighted by molar-refractivity contribution is 5.31. The van der Waals surface area contributed by atoms with Crippen LogP contribution in [0.3, 0.4) is 0 Å². The summed E-state index contributed by atoms with van der Waals surface area (Å²) in [6.45, 7) is 2.79. The number of nitrogens with two attached hydrogens (primary N) is 1. The molecule has 0 radical (unpaired) electrons. The van der Waals surface area contributed by atoms with Gasteiger partial charge in [-0.3, -0.25) is 0 Å². The third kappa shape index (κ3) is 2.31. The molecule has 5 heteroatoms. The van der Waals surface area contributed by atoms with Gasteiger partial charge < -0.3 is 15.5 Å². The minimum atomic E-state index is 0.0753. The van der Waals surface area contributed by atoms with Gasteiger partial charge in [-0.25, -0.2) is 0 Å². The molecule has 0 unspecified atom stereocenters. The van der Waals surface area contributed by atoms with Crippen LogP contribution < -0.4 is 11.1 Å². The van der Waals surface area contributed by atoms with Crippen molar-refractivity contribution in [2.45, 2.75) is 19.9 Å². The average Bonchev–Trinajstić information content (AvgIpc) is 2.73. The van der Waals surface area contributed by atoms with Crippen molar-refractivity contribution < 1.29 is 4.42 Å². The summed E-state index contributed by atoms with van der Waals surface area (Å²) in [4.78, 5) is 0. The highest BCUT2D eigenvalue weighted by Crippen LogP contribution is 2.12. The summed E-state index contributed by atoms with van der Waals surface area (Å²) in [5.41, 5.74) is 7.86. The van der Waals surface area contributed by atoms with Crippen LogP contribution in [0.5, 0.6) is 0 Å². The lowest BCUT2D eigenvalue weighted by Crippen LogP contribution is -2.02. The maximum atomic E-state index is 5.32. The first-order valence-electron chi connectivity index (χ1n) is 5.19. The number of rotatable bonds is 4. The molecule has 0 saturated carbocycles. The Bertz CT molecular complexity index is 467. The Morgan fingerprint density at radius 1 is 1.25 bits per heavy atom. The Morgan fingerprint density at radius 3 is 2.62 bits per heavy atom. The zero-order chi connectivity index (χ0) is 11.4. The van der Waals surface area contributed by atoms with Gasteiger partial charge in [0.25, 0.3) is 0 Å². The molecule has 0 saturated heterocycles. The van der Waals surface area contributed by atoms with Crippen molar-refractivity contribution in [2.24, 2.45) is 0 Å². The van der Waals surface area contributed by atoms with Crippen LogP contribution in [-0.2, 0) is 13.0 Å². The predicted octanol–water partition coefficient (Wildman–Crippen LogP) is 1.83. The molecule has 0 fully saturated rings. The van der Waals surface area contributed by atoms with Crippen LogP contribution in [0.15, 0.2) is 28.7 Å². The van der Waals surface area contributed by atoms with Crippen molar-refractivity contribution in [3.8, 4) is 0 Å². The predicted molar refractivity (Wildman–Crippen MR) is 61.9 cm³/mol. The highest BCUT2D eigenvalue weighted by Gasteiger charge is 2.03. The van der Waals surface area contributed by atoms with E-state index in [1.54, 1.807) is 0 Å². The smallest absolute Gasteiger partial charge is 0.317 e. The van der Waals surface area contributed by atoms with E-state index < -0.39 is 0 Å². The zero-order valence-electron chi connectivity index (χ0n) is 9.10. The van der Waals surface area contributed by atoms with E-state index in [1.165, 1.54) is 11.1 Å². The van der Waals surface area contributed by atoms with Gasteiger partial charge in [0.1, 0.15) is 0 Å². The third-order valence-electron chi connectivity index (χ3n) is 2.37. The summed E-state index contributed by atoms with van der Waals surface area (Å²) >= 11 is 0. The fraction of sp³-hybridized carbons (Fsp3) is 0.273. The van der Waals surface area contributed by atoms with Crippen LogP contribution >= 0.6 is 0 Å². The van der Waals surface area contributed by atoms with Crippen LogP contribution in [-0.4, -0.2) is 10.2 Å². The van der Waals surface area contributed by atoms with E-state index in [2.05, 4.69) is 34.6 Å². The monoisotopic (exact) mass is 218 g/mol. The fourth-order valence-electron chi connectivity index (χ4n) is 1.55. The van der Waals surface area contributed by atoms with Gasteiger partial charge in [0.15, 0.2) is 0 Å². The fourth-order valence-corrected chi connectivity index (χ4v) is 1.55. The Hall–Kier alpha value is -2.04. The van der Waals surface area contributed by atoms with Crippen molar-refractivity contribution in [2.75, 3.05) is 11.1 Å². The van der Waals surface area contributed by atoms with Gasteiger partial charge in [0, 0.05) is 6.54 Å². The molecule has 3 N–H and O–H groups in total. The summed E-state index contributed by atoms with van der Waals surface area (Å²) in [6.07, 6.45) is 1.00. The van der Waals surface area contributed by atoms with Gasteiger partial charge in [-0.05, 0) is 17.5 Å². The molecule has 2 rings (SSSR count). The van der Waals surface area contributed by atoms with Gasteiger partial charge in [-0.15, -0.1) is 0 Å². The number of nitrogens with one attached hydrogen (secondary N) is 1. The van der Waals surface area contributed by atoms with E-state index in [4.69, 9.17) is 10.2 Å². The molecule has 0 atom stereocenters. The lowest BCUT2D eigenvalue weighted by molar-refractivity contribution is 0.586. The molecule has 0 spiro atoms. The third-order valence-corrected chi connectivity index (χ3v) is 2.37. The molecule has 0 amide bonds. The Balaban J connectivity index is 2.04. The van der Waals surface area contributed by atoms with Crippen LogP contribution in [0.25, 0.3) is 0 Å². The lowest BCUT2D eigenvalue weighted by atomic mass is 10.1. The zero-order valence-corrected chi connectivity index (χ0v) is 9.10. The van der Waals surface area contributed by atoms with Gasteiger partial charge in [0.05, 0.1) is 0 Å². The van der Waals surface area contributed by atoms with E-state index in [1.807, 2.05) is 12.1 Å². The number of anilines is 2. The van der Waals surface area contributed by atoms with E-state index in [0.717, 1.165) is 6.42 Å². The molecule has 5 nitrogen and oxygen atoms in total. The number of aromatic nitrogens is 2. The van der Waals surface area contributed by atoms with E-state index >= 15 is 0 Å². The largest absolute Gasteiger partial charge is 0.390 e. The van der Waals surface area contributed by atoms with Crippen molar-refractivity contribution in [1.29, 1.82) is 0 Å². The van der Waals surface area contributed by atoms with Gasteiger partial charge in [-0.1, -0.05) is 41.4 Å². The van der Waals surface area contributed by atoms with Crippen molar-refractivity contribution in [1.82, 2.24) is 10.2 Å². The summed E-state index contributed by atoms with van der Waals surface area (Å²) < 4.78 is 5.02. The number of nitrogen functional groups attached to an aromatic ring is 1. The van der Waals surface area contributed by atoms with Crippen LogP contribution in [0.2, 0.25) is 0 Å². The number of benzene rings is 1. The number of hydrogen-bond donors (Lipinski definition) is 2. The molecule has 1 aromatic heterocycles. The molecular weight excluding hydrogens is 204 g/mol. The van der Waals surface area contributed by atoms with Crippen LogP contribution in [0, 0.1) is 0 Å². The molecule has 2 aromatic rings. The molecule has 0 aliphatic heterocycles. The quantitative estimate of drug-likeness (QED) is 0.818. The maximum absolute atomic E-state index is 5.32. The number of hydrogen-bond acceptors (Lipinski definition) is 5. The molecule has 84 valence electrons. The summed E-state index contributed by atoms with van der Waals surface area (Å²) in [5.74, 6) is 0. The van der Waals surface area contributed by atoms with Crippen LogP contribution in [0.1, 0.15) is 18.1 Å². The van der Waals surface area contributed by atoms with Gasteiger partial charge >= 0.3 is 12.0 Å². The number of aryl methyl sites for hydroxylation is 1. The molecule has 1 heterocycles. The maximum Gasteiger partial charge on any atom is 0.317 e. The normalized spacial score (nSPS) is 10.3. The minimum Gasteiger partial charge on any atom is -0.390 e. The topological polar surface area (TPSA) is 77.0 Å². The molecular formula is C11H14N4O. The molecule has 16 heavy (non-hydrogen) atoms. The average molecular weight is 218 g/mol. The second-order valence-corrected chi connectivity index (χ2v) is 3.42. The summed E-state index contributed by atoms with van der Waals surface area (Å²) in [7, 11) is 0. The first-order chi connectivity index (χ1) is 7.79. The molecule has 0 aliphatic carbocycles. The Morgan fingerprint density at radius 2 is 2.00 bits per heavy atom. The van der Waals surface area contributed by atoms with Gasteiger partial charge in [-0.2, -0.15) is 0 Å². The van der Waals surface area contributed by atoms with Crippen molar-refractivity contribution in [3.63, 3.8) is 0 Å². The Labute approximate surface area is 93.7 Å². The van der Waals surface area contributed by atoms with Gasteiger partial charge in [0.2, 0.25) is 0 Å². The van der Waals surface area contributed by atoms with Crippen molar-refractivity contribution in [3.05, 3.63) is 35.4 Å². The summed E-state index contributed by atoms with van der Waals surface area (Å²) in [6, 6.07) is 8.66. The first kappa shape index (κ1) is 10.5. The van der Waals surface area contributed by atoms with Crippen LogP contribution in [0.4, 0.5) is 12.0 Å². The standard InChI is InChI=1S/C11H14N4O/c1-2-8-5-3-4-6-9(8)7-13-11-15-14-10(12)16-11/h3-6H,2,7H2,1H3,(H2,12,14)(H,13,15). The van der Waals surface area contributed by atoms with E-state index in [9.17, 15) is 0 Å². The highest BCUT2D eigenvalue weighted by atomic mass is 16.4. The van der Waals surface area contributed by atoms with E-state index in [-0.39, 0.29) is 6.01 Å². The summed E-state index contributed by atoms with van der Waals surface area (Å²) in [5, 5.41) is 10.3. The van der Waals surface area contributed by atoms with Crippen molar-refractivity contribution >= 4 is 12.0 Å². The Kier molecular flexibility index (Phi) is 3.05. The molecule has 0 bridgehead atoms. The first-order valence-corrected chi connectivity index (χ1v) is 5.19. The SMILES string of the molecule is CCc1ccccc1CNc1nnc(N)o1. The van der Waals surface area contributed by atoms with E-state index in [0.29, 0.717) is 12.6 Å². The minimum absolute atomic E-state index is 0.0753. The molecule has 1 aromatic carbocycles. The second-order valence-electron chi connectivity index (χ2n) is 3.42. The lowest BCUT2D eigenvalue weighted by Gasteiger charge is -2.06. The molecule has 0 aliphatic rings. The second kappa shape index (κ2) is 4.65.